The third kappa shape index (κ3) is 7.25. The van der Waals surface area contributed by atoms with Gasteiger partial charge in [0.05, 0.1) is 19.8 Å². The first kappa shape index (κ1) is 16.9. The Morgan fingerprint density at radius 2 is 2.16 bits per heavy atom. The Kier molecular flexibility index (Phi) is 9.43. The molecular formula is C15H31NO3. The van der Waals surface area contributed by atoms with Gasteiger partial charge in [-0.05, 0) is 38.6 Å². The molecule has 4 heteroatoms. The number of hydrogen-bond donors (Lipinski definition) is 1. The maximum atomic E-state index is 5.71. The Balaban J connectivity index is 2.20. The third-order valence-corrected chi connectivity index (χ3v) is 3.76. The second-order valence-corrected chi connectivity index (χ2v) is 5.54. The minimum absolute atomic E-state index is 0.331. The minimum atomic E-state index is 0.331. The number of ether oxygens (including phenoxy) is 3. The van der Waals surface area contributed by atoms with Crippen molar-refractivity contribution in [1.82, 2.24) is 5.32 Å². The topological polar surface area (TPSA) is 39.7 Å². The van der Waals surface area contributed by atoms with Crippen LogP contribution >= 0.6 is 0 Å². The van der Waals surface area contributed by atoms with E-state index in [9.17, 15) is 0 Å². The summed E-state index contributed by atoms with van der Waals surface area (Å²) in [4.78, 5) is 0. The van der Waals surface area contributed by atoms with Crippen LogP contribution in [0.3, 0.4) is 0 Å². The van der Waals surface area contributed by atoms with E-state index in [1.165, 1.54) is 25.7 Å². The molecule has 1 aliphatic rings. The van der Waals surface area contributed by atoms with Crippen LogP contribution in [0.1, 0.15) is 39.0 Å². The zero-order chi connectivity index (χ0) is 13.8. The van der Waals surface area contributed by atoms with Gasteiger partial charge in [0.15, 0.2) is 0 Å². The molecule has 1 unspecified atom stereocenters. The molecule has 19 heavy (non-hydrogen) atoms. The van der Waals surface area contributed by atoms with Gasteiger partial charge in [-0.25, -0.2) is 0 Å². The Morgan fingerprint density at radius 3 is 2.84 bits per heavy atom. The molecule has 1 N–H and O–H groups in total. The molecule has 1 atom stereocenters. The summed E-state index contributed by atoms with van der Waals surface area (Å²) < 4.78 is 16.2. The molecule has 0 amide bonds. The molecular weight excluding hydrogens is 242 g/mol. The molecule has 114 valence electrons. The molecule has 0 radical (unpaired) electrons. The van der Waals surface area contributed by atoms with Crippen molar-refractivity contribution < 1.29 is 14.2 Å². The molecule has 0 aromatic heterocycles. The van der Waals surface area contributed by atoms with Crippen LogP contribution in [0.4, 0.5) is 0 Å². The summed E-state index contributed by atoms with van der Waals surface area (Å²) >= 11 is 0. The average Bonchev–Trinajstić information content (AvgIpc) is 2.44. The number of hydrogen-bond acceptors (Lipinski definition) is 4. The second-order valence-electron chi connectivity index (χ2n) is 5.54. The van der Waals surface area contributed by atoms with Crippen LogP contribution in [-0.4, -0.2) is 53.2 Å². The standard InChI is InChI=1S/C15H31NO3/c1-3-8-16-13-15(7-5-10-19-14-15)6-4-9-18-12-11-17-2/h16H,3-14H2,1-2H3. The molecule has 1 fully saturated rings. The summed E-state index contributed by atoms with van der Waals surface area (Å²) in [5.41, 5.74) is 0.331. The maximum absolute atomic E-state index is 5.71. The summed E-state index contributed by atoms with van der Waals surface area (Å²) in [6.45, 7) is 8.45. The van der Waals surface area contributed by atoms with E-state index in [1.807, 2.05) is 0 Å². The van der Waals surface area contributed by atoms with E-state index in [0.717, 1.165) is 39.3 Å². The van der Waals surface area contributed by atoms with Crippen molar-refractivity contribution in [2.75, 3.05) is 53.2 Å². The van der Waals surface area contributed by atoms with Crippen LogP contribution in [0.2, 0.25) is 0 Å². The monoisotopic (exact) mass is 273 g/mol. The van der Waals surface area contributed by atoms with Crippen LogP contribution in [-0.2, 0) is 14.2 Å². The van der Waals surface area contributed by atoms with Crippen LogP contribution in [0.5, 0.6) is 0 Å². The minimum Gasteiger partial charge on any atom is -0.382 e. The normalized spacial score (nSPS) is 23.7. The fourth-order valence-electron chi connectivity index (χ4n) is 2.66. The summed E-state index contributed by atoms with van der Waals surface area (Å²) in [6, 6.07) is 0. The van der Waals surface area contributed by atoms with Crippen molar-refractivity contribution in [2.45, 2.75) is 39.0 Å². The Bertz CT molecular complexity index is 206. The number of methoxy groups -OCH3 is 1. The number of nitrogens with one attached hydrogen (secondary N) is 1. The van der Waals surface area contributed by atoms with E-state index in [2.05, 4.69) is 12.2 Å². The highest BCUT2D eigenvalue weighted by Gasteiger charge is 2.31. The Labute approximate surface area is 118 Å². The molecule has 0 aliphatic carbocycles. The summed E-state index contributed by atoms with van der Waals surface area (Å²) in [5.74, 6) is 0. The van der Waals surface area contributed by atoms with E-state index < -0.39 is 0 Å². The van der Waals surface area contributed by atoms with Gasteiger partial charge in [0.2, 0.25) is 0 Å². The molecule has 1 rings (SSSR count). The molecule has 1 aliphatic heterocycles. The van der Waals surface area contributed by atoms with Crippen molar-refractivity contribution in [3.05, 3.63) is 0 Å². The van der Waals surface area contributed by atoms with Crippen LogP contribution in [0, 0.1) is 5.41 Å². The van der Waals surface area contributed by atoms with Crippen molar-refractivity contribution in [3.63, 3.8) is 0 Å². The van der Waals surface area contributed by atoms with Gasteiger partial charge in [0, 0.05) is 32.3 Å². The van der Waals surface area contributed by atoms with Crippen molar-refractivity contribution in [3.8, 4) is 0 Å². The van der Waals surface area contributed by atoms with Crippen LogP contribution in [0.15, 0.2) is 0 Å². The predicted octanol–water partition coefficient (Wildman–Crippen LogP) is 2.23. The highest BCUT2D eigenvalue weighted by Crippen LogP contribution is 2.32. The summed E-state index contributed by atoms with van der Waals surface area (Å²) in [5, 5.41) is 3.57. The lowest BCUT2D eigenvalue weighted by Gasteiger charge is -2.37. The lowest BCUT2D eigenvalue weighted by atomic mass is 9.78. The predicted molar refractivity (Wildman–Crippen MR) is 77.6 cm³/mol. The van der Waals surface area contributed by atoms with Crippen LogP contribution in [0.25, 0.3) is 0 Å². The molecule has 0 bridgehead atoms. The van der Waals surface area contributed by atoms with E-state index in [0.29, 0.717) is 18.6 Å². The SMILES string of the molecule is CCCNCC1(CCCOCCOC)CCCOC1. The van der Waals surface area contributed by atoms with Gasteiger partial charge in [-0.15, -0.1) is 0 Å². The zero-order valence-electron chi connectivity index (χ0n) is 12.7. The van der Waals surface area contributed by atoms with Gasteiger partial charge in [-0.3, -0.25) is 0 Å². The van der Waals surface area contributed by atoms with Gasteiger partial charge >= 0.3 is 0 Å². The molecule has 0 spiro atoms. The zero-order valence-corrected chi connectivity index (χ0v) is 12.7. The van der Waals surface area contributed by atoms with Gasteiger partial charge in [0.25, 0.3) is 0 Å². The largest absolute Gasteiger partial charge is 0.382 e. The highest BCUT2D eigenvalue weighted by atomic mass is 16.5. The third-order valence-electron chi connectivity index (χ3n) is 3.76. The quantitative estimate of drug-likeness (QED) is 0.586. The first-order valence-corrected chi connectivity index (χ1v) is 7.68. The van der Waals surface area contributed by atoms with Crippen molar-refractivity contribution in [2.24, 2.45) is 5.41 Å². The maximum Gasteiger partial charge on any atom is 0.0700 e. The van der Waals surface area contributed by atoms with Gasteiger partial charge in [-0.2, -0.15) is 0 Å². The fourth-order valence-corrected chi connectivity index (χ4v) is 2.66. The first-order chi connectivity index (χ1) is 9.33. The van der Waals surface area contributed by atoms with Crippen LogP contribution < -0.4 is 5.32 Å². The lowest BCUT2D eigenvalue weighted by molar-refractivity contribution is -0.0182. The number of rotatable bonds is 11. The summed E-state index contributed by atoms with van der Waals surface area (Å²) in [7, 11) is 1.71. The van der Waals surface area contributed by atoms with Crippen molar-refractivity contribution in [1.29, 1.82) is 0 Å². The van der Waals surface area contributed by atoms with E-state index in [1.54, 1.807) is 7.11 Å². The molecule has 0 aromatic rings. The fraction of sp³-hybridized carbons (Fsp3) is 1.00. The second kappa shape index (κ2) is 10.6. The van der Waals surface area contributed by atoms with E-state index >= 15 is 0 Å². The highest BCUT2D eigenvalue weighted by molar-refractivity contribution is 4.84. The van der Waals surface area contributed by atoms with Crippen molar-refractivity contribution >= 4 is 0 Å². The van der Waals surface area contributed by atoms with E-state index in [-0.39, 0.29) is 0 Å². The molecule has 1 saturated heterocycles. The molecule has 1 heterocycles. The lowest BCUT2D eigenvalue weighted by Crippen LogP contribution is -2.41. The van der Waals surface area contributed by atoms with Gasteiger partial charge < -0.3 is 19.5 Å². The van der Waals surface area contributed by atoms with E-state index in [4.69, 9.17) is 14.2 Å². The Morgan fingerprint density at radius 1 is 1.26 bits per heavy atom. The van der Waals surface area contributed by atoms with Gasteiger partial charge in [0.1, 0.15) is 0 Å². The molecule has 0 aromatic carbocycles. The molecule has 4 nitrogen and oxygen atoms in total. The average molecular weight is 273 g/mol. The smallest absolute Gasteiger partial charge is 0.0700 e. The molecule has 0 saturated carbocycles. The summed E-state index contributed by atoms with van der Waals surface area (Å²) in [6.07, 6.45) is 5.97. The Hall–Kier alpha value is -0.160. The first-order valence-electron chi connectivity index (χ1n) is 7.68. The van der Waals surface area contributed by atoms with Gasteiger partial charge in [-0.1, -0.05) is 6.92 Å².